The summed E-state index contributed by atoms with van der Waals surface area (Å²) >= 11 is 0. The Morgan fingerprint density at radius 2 is 1.83 bits per heavy atom. The second-order valence-electron chi connectivity index (χ2n) is 7.14. The zero-order valence-corrected chi connectivity index (χ0v) is 15.4. The maximum absolute atomic E-state index is 12.4. The Labute approximate surface area is 151 Å². The van der Waals surface area contributed by atoms with E-state index in [1.807, 2.05) is 0 Å². The van der Waals surface area contributed by atoms with Gasteiger partial charge in [0.25, 0.3) is 0 Å². The van der Waals surface area contributed by atoms with Gasteiger partial charge in [0.05, 0.1) is 5.54 Å². The first kappa shape index (κ1) is 21.0. The number of halogens is 2. The van der Waals surface area contributed by atoms with Gasteiger partial charge in [-0.05, 0) is 38.0 Å². The fourth-order valence-electron chi connectivity index (χ4n) is 3.97. The van der Waals surface area contributed by atoms with E-state index >= 15 is 0 Å². The first-order chi connectivity index (χ1) is 10.2. The standard InChI is InChI=1S/C16H29N3O2.2ClH/c17-16(6-9-21-10-7-16)15(20)18-14-5-8-19(12-14)11-13-3-1-2-4-13;;/h13-14H,1-12,17H2,(H,18,20);2*1H. The van der Waals surface area contributed by atoms with E-state index in [9.17, 15) is 4.79 Å². The normalized spacial score (nSPS) is 28.0. The first-order valence-electron chi connectivity index (χ1n) is 8.56. The van der Waals surface area contributed by atoms with Crippen LogP contribution in [-0.4, -0.2) is 55.2 Å². The molecule has 0 bridgehead atoms. The number of nitrogens with two attached hydrogens (primary N) is 1. The van der Waals surface area contributed by atoms with E-state index in [1.54, 1.807) is 0 Å². The lowest BCUT2D eigenvalue weighted by atomic mass is 9.90. The number of likely N-dealkylation sites (tertiary alicyclic amines) is 1. The van der Waals surface area contributed by atoms with Crippen LogP contribution in [-0.2, 0) is 9.53 Å². The number of nitrogens with zero attached hydrogens (tertiary/aromatic N) is 1. The maximum atomic E-state index is 12.4. The Morgan fingerprint density at radius 3 is 2.48 bits per heavy atom. The van der Waals surface area contributed by atoms with Crippen molar-refractivity contribution in [2.45, 2.75) is 56.5 Å². The van der Waals surface area contributed by atoms with Gasteiger partial charge in [-0.2, -0.15) is 0 Å². The summed E-state index contributed by atoms with van der Waals surface area (Å²) in [5, 5.41) is 3.18. The minimum absolute atomic E-state index is 0. The Balaban J connectivity index is 0.00000132. The van der Waals surface area contributed by atoms with Gasteiger partial charge in [-0.15, -0.1) is 24.8 Å². The quantitative estimate of drug-likeness (QED) is 0.793. The maximum Gasteiger partial charge on any atom is 0.240 e. The highest BCUT2D eigenvalue weighted by atomic mass is 35.5. The van der Waals surface area contributed by atoms with Crippen LogP contribution in [0, 0.1) is 5.92 Å². The molecule has 1 amide bonds. The van der Waals surface area contributed by atoms with Gasteiger partial charge in [0.15, 0.2) is 0 Å². The van der Waals surface area contributed by atoms with Crippen molar-refractivity contribution in [3.63, 3.8) is 0 Å². The third kappa shape index (κ3) is 5.46. The van der Waals surface area contributed by atoms with Crippen molar-refractivity contribution in [2.75, 3.05) is 32.8 Å². The SMILES string of the molecule is Cl.Cl.NC1(C(=O)NC2CCN(CC3CCCC3)C2)CCOCC1. The van der Waals surface area contributed by atoms with Crippen molar-refractivity contribution in [3.8, 4) is 0 Å². The van der Waals surface area contributed by atoms with Crippen LogP contribution in [0.1, 0.15) is 44.9 Å². The van der Waals surface area contributed by atoms with Crippen LogP contribution in [0.5, 0.6) is 0 Å². The van der Waals surface area contributed by atoms with Gasteiger partial charge in [-0.1, -0.05) is 12.8 Å². The lowest BCUT2D eigenvalue weighted by Gasteiger charge is -2.33. The van der Waals surface area contributed by atoms with Crippen molar-refractivity contribution in [1.29, 1.82) is 0 Å². The number of hydrogen-bond donors (Lipinski definition) is 2. The molecule has 3 N–H and O–H groups in total. The fraction of sp³-hybridized carbons (Fsp3) is 0.938. The van der Waals surface area contributed by atoms with Crippen LogP contribution < -0.4 is 11.1 Å². The molecule has 7 heteroatoms. The summed E-state index contributed by atoms with van der Waals surface area (Å²) < 4.78 is 5.31. The summed E-state index contributed by atoms with van der Waals surface area (Å²) in [6.07, 6.45) is 7.91. The lowest BCUT2D eigenvalue weighted by molar-refractivity contribution is -0.130. The number of amides is 1. The van der Waals surface area contributed by atoms with Crippen molar-refractivity contribution in [2.24, 2.45) is 11.7 Å². The van der Waals surface area contributed by atoms with Crippen LogP contribution in [0.3, 0.4) is 0 Å². The summed E-state index contributed by atoms with van der Waals surface area (Å²) in [6, 6.07) is 0.280. The molecular weight excluding hydrogens is 337 g/mol. The van der Waals surface area contributed by atoms with E-state index in [2.05, 4.69) is 10.2 Å². The van der Waals surface area contributed by atoms with Gasteiger partial charge >= 0.3 is 0 Å². The predicted octanol–water partition coefficient (Wildman–Crippen LogP) is 1.72. The highest BCUT2D eigenvalue weighted by Crippen LogP contribution is 2.27. The van der Waals surface area contributed by atoms with Gasteiger partial charge in [0.2, 0.25) is 5.91 Å². The number of ether oxygens (including phenoxy) is 1. The number of hydrogen-bond acceptors (Lipinski definition) is 4. The van der Waals surface area contributed by atoms with Crippen LogP contribution in [0.25, 0.3) is 0 Å². The predicted molar refractivity (Wildman–Crippen MR) is 96.4 cm³/mol. The summed E-state index contributed by atoms with van der Waals surface area (Å²) in [7, 11) is 0. The minimum Gasteiger partial charge on any atom is -0.381 e. The largest absolute Gasteiger partial charge is 0.381 e. The summed E-state index contributed by atoms with van der Waals surface area (Å²) in [5.74, 6) is 0.911. The van der Waals surface area contributed by atoms with Gasteiger partial charge in [-0.3, -0.25) is 4.79 Å². The second-order valence-corrected chi connectivity index (χ2v) is 7.14. The van der Waals surface area contributed by atoms with E-state index in [-0.39, 0.29) is 36.8 Å². The summed E-state index contributed by atoms with van der Waals surface area (Å²) in [5.41, 5.74) is 5.53. The third-order valence-corrected chi connectivity index (χ3v) is 5.44. The number of rotatable bonds is 4. The molecule has 136 valence electrons. The number of carbonyl (C=O) groups excluding carboxylic acids is 1. The highest BCUT2D eigenvalue weighted by Gasteiger charge is 2.38. The average Bonchev–Trinajstić information content (AvgIpc) is 3.12. The highest BCUT2D eigenvalue weighted by molar-refractivity contribution is 5.86. The van der Waals surface area contributed by atoms with E-state index in [0.29, 0.717) is 26.1 Å². The molecule has 3 aliphatic rings. The van der Waals surface area contributed by atoms with Gasteiger partial charge in [-0.25, -0.2) is 0 Å². The zero-order chi connectivity index (χ0) is 14.7. The Morgan fingerprint density at radius 1 is 1.17 bits per heavy atom. The smallest absolute Gasteiger partial charge is 0.240 e. The Kier molecular flexibility index (Phi) is 8.59. The molecule has 5 nitrogen and oxygen atoms in total. The molecule has 3 rings (SSSR count). The molecule has 0 spiro atoms. The second kappa shape index (κ2) is 9.42. The fourth-order valence-corrected chi connectivity index (χ4v) is 3.97. The summed E-state index contributed by atoms with van der Waals surface area (Å²) in [6.45, 7) is 4.52. The van der Waals surface area contributed by atoms with E-state index in [4.69, 9.17) is 10.5 Å². The number of nitrogens with one attached hydrogen (secondary N) is 1. The molecule has 2 aliphatic heterocycles. The molecule has 2 saturated heterocycles. The monoisotopic (exact) mass is 367 g/mol. The molecule has 1 saturated carbocycles. The van der Waals surface area contributed by atoms with Gasteiger partial charge < -0.3 is 20.7 Å². The molecule has 0 radical (unpaired) electrons. The molecule has 2 heterocycles. The molecule has 1 atom stereocenters. The van der Waals surface area contributed by atoms with Crippen LogP contribution >= 0.6 is 24.8 Å². The van der Waals surface area contributed by atoms with Crippen LogP contribution in [0.15, 0.2) is 0 Å². The topological polar surface area (TPSA) is 67.6 Å². The van der Waals surface area contributed by atoms with Crippen molar-refractivity contribution in [3.05, 3.63) is 0 Å². The molecule has 0 aromatic heterocycles. The van der Waals surface area contributed by atoms with E-state index < -0.39 is 5.54 Å². The molecular formula is C16H31Cl2N3O2. The lowest BCUT2D eigenvalue weighted by Crippen LogP contribution is -2.59. The molecule has 3 fully saturated rings. The average molecular weight is 368 g/mol. The van der Waals surface area contributed by atoms with Gasteiger partial charge in [0.1, 0.15) is 0 Å². The zero-order valence-electron chi connectivity index (χ0n) is 13.8. The van der Waals surface area contributed by atoms with Crippen molar-refractivity contribution in [1.82, 2.24) is 10.2 Å². The molecule has 0 aromatic carbocycles. The van der Waals surface area contributed by atoms with Crippen molar-refractivity contribution >= 4 is 30.7 Å². The Hall–Kier alpha value is -0.0700. The number of carbonyl (C=O) groups is 1. The Bertz CT molecular complexity index is 372. The minimum atomic E-state index is -0.711. The third-order valence-electron chi connectivity index (χ3n) is 5.44. The molecule has 0 aromatic rings. The van der Waals surface area contributed by atoms with Crippen LogP contribution in [0.4, 0.5) is 0 Å². The molecule has 23 heavy (non-hydrogen) atoms. The molecule has 1 unspecified atom stereocenters. The first-order valence-corrected chi connectivity index (χ1v) is 8.56. The van der Waals surface area contributed by atoms with Crippen LogP contribution in [0.2, 0.25) is 0 Å². The summed E-state index contributed by atoms with van der Waals surface area (Å²) in [4.78, 5) is 14.9. The van der Waals surface area contributed by atoms with Crippen molar-refractivity contribution < 1.29 is 9.53 Å². The van der Waals surface area contributed by atoms with Gasteiger partial charge in [0, 0.05) is 38.9 Å². The van der Waals surface area contributed by atoms with E-state index in [1.165, 1.54) is 32.2 Å². The molecule has 1 aliphatic carbocycles. The van der Waals surface area contributed by atoms with E-state index in [0.717, 1.165) is 25.4 Å².